The molecule has 0 aromatic heterocycles. The summed E-state index contributed by atoms with van der Waals surface area (Å²) in [5.74, 6) is -1.25. The average molecular weight is 399 g/mol. The zero-order valence-electron chi connectivity index (χ0n) is 15.4. The van der Waals surface area contributed by atoms with Crippen molar-refractivity contribution in [1.82, 2.24) is 4.90 Å². The van der Waals surface area contributed by atoms with Gasteiger partial charge in [0.1, 0.15) is 25.6 Å². The Balaban J connectivity index is 1.40. The van der Waals surface area contributed by atoms with Crippen LogP contribution in [0.5, 0.6) is 11.5 Å². The molecule has 0 radical (unpaired) electrons. The fourth-order valence-electron chi connectivity index (χ4n) is 3.18. The highest BCUT2D eigenvalue weighted by Gasteiger charge is 2.34. The number of halogens is 1. The maximum absolute atomic E-state index is 12.9. The van der Waals surface area contributed by atoms with Crippen molar-refractivity contribution < 1.29 is 28.2 Å². The van der Waals surface area contributed by atoms with E-state index in [1.54, 1.807) is 18.2 Å². The molecule has 1 fully saturated rings. The van der Waals surface area contributed by atoms with Crippen LogP contribution in [-0.2, 0) is 14.4 Å². The van der Waals surface area contributed by atoms with E-state index in [1.165, 1.54) is 34.1 Å². The predicted molar refractivity (Wildman–Crippen MR) is 101 cm³/mol. The van der Waals surface area contributed by atoms with Crippen LogP contribution in [0.4, 0.5) is 15.8 Å². The quantitative estimate of drug-likeness (QED) is 0.786. The summed E-state index contributed by atoms with van der Waals surface area (Å²) < 4.78 is 23.9. The summed E-state index contributed by atoms with van der Waals surface area (Å²) in [6.45, 7) is 1.06. The van der Waals surface area contributed by atoms with Crippen LogP contribution in [0.25, 0.3) is 0 Å². The van der Waals surface area contributed by atoms with E-state index in [1.807, 2.05) is 0 Å². The van der Waals surface area contributed by atoms with Gasteiger partial charge in [-0.2, -0.15) is 0 Å². The highest BCUT2D eigenvalue weighted by atomic mass is 19.1. The van der Waals surface area contributed by atoms with E-state index >= 15 is 0 Å². The van der Waals surface area contributed by atoms with Crippen LogP contribution in [0.1, 0.15) is 0 Å². The molecule has 4 rings (SSSR count). The van der Waals surface area contributed by atoms with Crippen LogP contribution in [0.15, 0.2) is 42.5 Å². The number of nitrogens with one attached hydrogen (secondary N) is 1. The molecule has 3 amide bonds. The lowest BCUT2D eigenvalue weighted by atomic mass is 10.2. The van der Waals surface area contributed by atoms with Gasteiger partial charge in [-0.1, -0.05) is 0 Å². The molecule has 0 atom stereocenters. The number of hydrogen-bond donors (Lipinski definition) is 1. The predicted octanol–water partition coefficient (Wildman–Crippen LogP) is 1.41. The van der Waals surface area contributed by atoms with Gasteiger partial charge in [0.15, 0.2) is 11.5 Å². The van der Waals surface area contributed by atoms with E-state index < -0.39 is 23.5 Å². The van der Waals surface area contributed by atoms with E-state index in [0.717, 1.165) is 0 Å². The molecule has 2 aromatic rings. The second-order valence-corrected chi connectivity index (χ2v) is 6.57. The standard InChI is InChI=1S/C20H18FN3O5/c21-13-1-3-14(4-2-13)22-18(25)12-23-7-8-24(20(27)19(23)26)15-5-6-16-17(11-15)29-10-9-28-16/h1-6,11H,7-10,12H2,(H,22,25). The van der Waals surface area contributed by atoms with Gasteiger partial charge in [-0.05, 0) is 36.4 Å². The molecule has 2 aliphatic rings. The molecular formula is C20H18FN3O5. The highest BCUT2D eigenvalue weighted by Crippen LogP contribution is 2.34. The lowest BCUT2D eigenvalue weighted by Gasteiger charge is -2.33. The van der Waals surface area contributed by atoms with Crippen molar-refractivity contribution in [3.8, 4) is 11.5 Å². The summed E-state index contributed by atoms with van der Waals surface area (Å²) in [7, 11) is 0. The second-order valence-electron chi connectivity index (χ2n) is 6.57. The maximum atomic E-state index is 12.9. The molecule has 0 aliphatic carbocycles. The van der Waals surface area contributed by atoms with Crippen LogP contribution >= 0.6 is 0 Å². The largest absolute Gasteiger partial charge is 0.486 e. The van der Waals surface area contributed by atoms with Crippen LogP contribution < -0.4 is 19.7 Å². The number of nitrogens with zero attached hydrogens (tertiary/aromatic N) is 2. The topological polar surface area (TPSA) is 88.2 Å². The minimum absolute atomic E-state index is 0.204. The van der Waals surface area contributed by atoms with Crippen LogP contribution in [0.3, 0.4) is 0 Å². The van der Waals surface area contributed by atoms with Crippen LogP contribution in [0, 0.1) is 5.82 Å². The van der Waals surface area contributed by atoms with Crippen molar-refractivity contribution in [2.24, 2.45) is 0 Å². The van der Waals surface area contributed by atoms with Gasteiger partial charge >= 0.3 is 11.8 Å². The summed E-state index contributed by atoms with van der Waals surface area (Å²) in [6.07, 6.45) is 0. The first-order chi connectivity index (χ1) is 14.0. The summed E-state index contributed by atoms with van der Waals surface area (Å²) in [4.78, 5) is 39.8. The van der Waals surface area contributed by atoms with Crippen molar-refractivity contribution in [3.63, 3.8) is 0 Å². The number of fused-ring (bicyclic) bond motifs is 1. The molecule has 8 nitrogen and oxygen atoms in total. The molecule has 150 valence electrons. The number of rotatable bonds is 4. The third-order valence-electron chi connectivity index (χ3n) is 4.61. The Hall–Kier alpha value is -3.62. The van der Waals surface area contributed by atoms with E-state index in [-0.39, 0.29) is 19.6 Å². The molecule has 9 heteroatoms. The number of carbonyl (C=O) groups excluding carboxylic acids is 3. The average Bonchev–Trinajstić information content (AvgIpc) is 2.73. The highest BCUT2D eigenvalue weighted by molar-refractivity contribution is 6.41. The number of piperazine rings is 1. The summed E-state index contributed by atoms with van der Waals surface area (Å²) in [5, 5.41) is 2.57. The SMILES string of the molecule is O=C(CN1CCN(c2ccc3c(c2)OCCO3)C(=O)C1=O)Nc1ccc(F)cc1. The lowest BCUT2D eigenvalue weighted by molar-refractivity contribution is -0.147. The van der Waals surface area contributed by atoms with Gasteiger partial charge in [-0.15, -0.1) is 0 Å². The molecule has 2 aromatic carbocycles. The van der Waals surface area contributed by atoms with Gasteiger partial charge in [0, 0.05) is 30.5 Å². The van der Waals surface area contributed by atoms with Crippen molar-refractivity contribution in [2.75, 3.05) is 43.1 Å². The Morgan fingerprint density at radius 2 is 1.69 bits per heavy atom. The van der Waals surface area contributed by atoms with Crippen molar-refractivity contribution in [2.45, 2.75) is 0 Å². The Labute approximate surface area is 165 Å². The monoisotopic (exact) mass is 399 g/mol. The fourth-order valence-corrected chi connectivity index (χ4v) is 3.18. The molecule has 0 spiro atoms. The number of carbonyl (C=O) groups is 3. The molecular weight excluding hydrogens is 381 g/mol. The van der Waals surface area contributed by atoms with Crippen LogP contribution in [0.2, 0.25) is 0 Å². The Morgan fingerprint density at radius 1 is 0.966 bits per heavy atom. The Bertz CT molecular complexity index is 963. The maximum Gasteiger partial charge on any atom is 0.316 e. The molecule has 2 aliphatic heterocycles. The molecule has 1 N–H and O–H groups in total. The third-order valence-corrected chi connectivity index (χ3v) is 4.61. The molecule has 0 saturated carbocycles. The first kappa shape index (κ1) is 18.7. The smallest absolute Gasteiger partial charge is 0.316 e. The van der Waals surface area contributed by atoms with Gasteiger partial charge in [0.25, 0.3) is 0 Å². The third kappa shape index (κ3) is 3.98. The number of anilines is 2. The Kier molecular flexibility index (Phi) is 5.03. The van der Waals surface area contributed by atoms with Gasteiger partial charge in [-0.25, -0.2) is 4.39 Å². The van der Waals surface area contributed by atoms with E-state index in [2.05, 4.69) is 5.32 Å². The minimum Gasteiger partial charge on any atom is -0.486 e. The first-order valence-corrected chi connectivity index (χ1v) is 9.07. The van der Waals surface area contributed by atoms with Gasteiger partial charge in [-0.3, -0.25) is 14.4 Å². The van der Waals surface area contributed by atoms with Crippen LogP contribution in [-0.4, -0.2) is 55.5 Å². The molecule has 2 heterocycles. The zero-order valence-corrected chi connectivity index (χ0v) is 15.4. The number of ether oxygens (including phenoxy) is 2. The second kappa shape index (κ2) is 7.78. The normalized spacial score (nSPS) is 16.0. The minimum atomic E-state index is -0.764. The van der Waals surface area contributed by atoms with Crippen molar-refractivity contribution in [1.29, 1.82) is 0 Å². The summed E-state index contributed by atoms with van der Waals surface area (Å²) >= 11 is 0. The van der Waals surface area contributed by atoms with Crippen molar-refractivity contribution in [3.05, 3.63) is 48.3 Å². The lowest BCUT2D eigenvalue weighted by Crippen LogP contribution is -2.56. The van der Waals surface area contributed by atoms with Gasteiger partial charge < -0.3 is 24.6 Å². The number of amides is 3. The molecule has 29 heavy (non-hydrogen) atoms. The van der Waals surface area contributed by atoms with E-state index in [0.29, 0.717) is 36.1 Å². The molecule has 1 saturated heterocycles. The van der Waals surface area contributed by atoms with E-state index in [9.17, 15) is 18.8 Å². The molecule has 0 bridgehead atoms. The fraction of sp³-hybridized carbons (Fsp3) is 0.250. The summed E-state index contributed by atoms with van der Waals surface area (Å²) in [5.41, 5.74) is 0.938. The first-order valence-electron chi connectivity index (χ1n) is 9.07. The number of benzene rings is 2. The number of hydrogen-bond acceptors (Lipinski definition) is 5. The Morgan fingerprint density at radius 3 is 2.45 bits per heavy atom. The van der Waals surface area contributed by atoms with Crippen molar-refractivity contribution >= 4 is 29.1 Å². The molecule has 0 unspecified atom stereocenters. The zero-order chi connectivity index (χ0) is 20.4. The van der Waals surface area contributed by atoms with Gasteiger partial charge in [0.2, 0.25) is 5.91 Å². The van der Waals surface area contributed by atoms with E-state index in [4.69, 9.17) is 9.47 Å². The summed E-state index contributed by atoms with van der Waals surface area (Å²) in [6, 6.07) is 10.3. The van der Waals surface area contributed by atoms with Gasteiger partial charge in [0.05, 0.1) is 0 Å².